The molecule has 1 aromatic carbocycles. The molecule has 0 aliphatic carbocycles. The van der Waals surface area contributed by atoms with Crippen LogP contribution in [0.3, 0.4) is 0 Å². The van der Waals surface area contributed by atoms with Gasteiger partial charge in [-0.1, -0.05) is 13.0 Å². The maximum absolute atomic E-state index is 12.3. The van der Waals surface area contributed by atoms with E-state index in [1.807, 2.05) is 32.0 Å². The molecule has 19 heavy (non-hydrogen) atoms. The fraction of sp³-hybridized carbons (Fsp3) is 0.533. The van der Waals surface area contributed by atoms with Crippen LogP contribution in [-0.4, -0.2) is 23.2 Å². The van der Waals surface area contributed by atoms with Gasteiger partial charge in [0, 0.05) is 30.8 Å². The van der Waals surface area contributed by atoms with E-state index in [9.17, 15) is 4.79 Å². The van der Waals surface area contributed by atoms with E-state index in [0.29, 0.717) is 12.0 Å². The van der Waals surface area contributed by atoms with Crippen LogP contribution in [0.25, 0.3) is 0 Å². The SMILES string of the molecule is CCC(C)(CCO)NC(=O)c1ccc2c(c1)CNC2. The van der Waals surface area contributed by atoms with Gasteiger partial charge in [0.25, 0.3) is 5.91 Å². The number of fused-ring (bicyclic) bond motifs is 1. The average Bonchev–Trinajstić information content (AvgIpc) is 2.86. The lowest BCUT2D eigenvalue weighted by Gasteiger charge is -2.29. The quantitative estimate of drug-likeness (QED) is 0.755. The molecule has 0 spiro atoms. The van der Waals surface area contributed by atoms with Crippen LogP contribution >= 0.6 is 0 Å². The highest BCUT2D eigenvalue weighted by Crippen LogP contribution is 2.19. The van der Waals surface area contributed by atoms with E-state index in [1.54, 1.807) is 0 Å². The molecular formula is C15H22N2O2. The van der Waals surface area contributed by atoms with Gasteiger partial charge in [0.1, 0.15) is 0 Å². The van der Waals surface area contributed by atoms with Crippen molar-refractivity contribution in [3.63, 3.8) is 0 Å². The average molecular weight is 262 g/mol. The monoisotopic (exact) mass is 262 g/mol. The molecule has 0 saturated carbocycles. The van der Waals surface area contributed by atoms with Gasteiger partial charge in [-0.3, -0.25) is 4.79 Å². The third-order valence-corrected chi connectivity index (χ3v) is 3.96. The molecule has 0 fully saturated rings. The summed E-state index contributed by atoms with van der Waals surface area (Å²) >= 11 is 0. The summed E-state index contributed by atoms with van der Waals surface area (Å²) in [6.07, 6.45) is 1.37. The number of benzene rings is 1. The Hall–Kier alpha value is -1.39. The molecular weight excluding hydrogens is 240 g/mol. The van der Waals surface area contributed by atoms with E-state index in [4.69, 9.17) is 5.11 Å². The zero-order chi connectivity index (χ0) is 13.9. The predicted molar refractivity (Wildman–Crippen MR) is 74.9 cm³/mol. The summed E-state index contributed by atoms with van der Waals surface area (Å²) in [7, 11) is 0. The second-order valence-electron chi connectivity index (χ2n) is 5.43. The Bertz CT molecular complexity index is 473. The van der Waals surface area contributed by atoms with E-state index in [2.05, 4.69) is 10.6 Å². The minimum absolute atomic E-state index is 0.0625. The topological polar surface area (TPSA) is 61.4 Å². The van der Waals surface area contributed by atoms with Crippen molar-refractivity contribution in [2.24, 2.45) is 0 Å². The molecule has 104 valence electrons. The van der Waals surface area contributed by atoms with Crippen molar-refractivity contribution in [1.82, 2.24) is 10.6 Å². The van der Waals surface area contributed by atoms with Gasteiger partial charge in [0.05, 0.1) is 0 Å². The minimum atomic E-state index is -0.344. The van der Waals surface area contributed by atoms with Gasteiger partial charge in [-0.25, -0.2) is 0 Å². The number of aliphatic hydroxyl groups is 1. The summed E-state index contributed by atoms with van der Waals surface area (Å²) in [5, 5.41) is 15.4. The predicted octanol–water partition coefficient (Wildman–Crippen LogP) is 1.57. The van der Waals surface area contributed by atoms with Gasteiger partial charge < -0.3 is 15.7 Å². The molecule has 0 radical (unpaired) electrons. The van der Waals surface area contributed by atoms with Crippen LogP contribution in [0.4, 0.5) is 0 Å². The number of carbonyl (C=O) groups is 1. The molecule has 1 unspecified atom stereocenters. The van der Waals surface area contributed by atoms with Gasteiger partial charge in [-0.05, 0) is 43.0 Å². The van der Waals surface area contributed by atoms with Crippen LogP contribution in [0.15, 0.2) is 18.2 Å². The van der Waals surface area contributed by atoms with Crippen molar-refractivity contribution in [2.75, 3.05) is 6.61 Å². The second kappa shape index (κ2) is 5.72. The van der Waals surface area contributed by atoms with Crippen LogP contribution in [0, 0.1) is 0 Å². The van der Waals surface area contributed by atoms with E-state index in [1.165, 1.54) is 11.1 Å². The van der Waals surface area contributed by atoms with Crippen molar-refractivity contribution in [1.29, 1.82) is 0 Å². The largest absolute Gasteiger partial charge is 0.396 e. The first kappa shape index (κ1) is 14.0. The molecule has 1 atom stereocenters. The van der Waals surface area contributed by atoms with E-state index in [-0.39, 0.29) is 18.1 Å². The van der Waals surface area contributed by atoms with Crippen molar-refractivity contribution < 1.29 is 9.90 Å². The normalized spacial score (nSPS) is 16.8. The molecule has 4 nitrogen and oxygen atoms in total. The maximum atomic E-state index is 12.3. The van der Waals surface area contributed by atoms with Gasteiger partial charge in [0.2, 0.25) is 0 Å². The molecule has 1 heterocycles. The molecule has 1 aliphatic heterocycles. The first-order chi connectivity index (χ1) is 9.08. The van der Waals surface area contributed by atoms with Crippen molar-refractivity contribution in [2.45, 2.75) is 45.3 Å². The summed E-state index contributed by atoms with van der Waals surface area (Å²) in [4.78, 5) is 12.3. The molecule has 2 rings (SSSR count). The van der Waals surface area contributed by atoms with Crippen LogP contribution in [0.1, 0.15) is 48.2 Å². The van der Waals surface area contributed by atoms with E-state index >= 15 is 0 Å². The van der Waals surface area contributed by atoms with Crippen molar-refractivity contribution in [3.05, 3.63) is 34.9 Å². The molecule has 0 saturated heterocycles. The Kier molecular flexibility index (Phi) is 4.22. The van der Waals surface area contributed by atoms with Crippen LogP contribution in [0.5, 0.6) is 0 Å². The van der Waals surface area contributed by atoms with E-state index in [0.717, 1.165) is 19.5 Å². The summed E-state index contributed by atoms with van der Waals surface area (Å²) in [6.45, 7) is 5.78. The smallest absolute Gasteiger partial charge is 0.251 e. The maximum Gasteiger partial charge on any atom is 0.251 e. The van der Waals surface area contributed by atoms with Gasteiger partial charge in [-0.15, -0.1) is 0 Å². The second-order valence-corrected chi connectivity index (χ2v) is 5.43. The first-order valence-corrected chi connectivity index (χ1v) is 6.84. The first-order valence-electron chi connectivity index (χ1n) is 6.84. The summed E-state index contributed by atoms with van der Waals surface area (Å²) in [5.41, 5.74) is 2.82. The Morgan fingerprint density at radius 3 is 2.84 bits per heavy atom. The number of carbonyl (C=O) groups excluding carboxylic acids is 1. The molecule has 0 aromatic heterocycles. The summed E-state index contributed by atoms with van der Waals surface area (Å²) < 4.78 is 0. The highest BCUT2D eigenvalue weighted by Gasteiger charge is 2.24. The highest BCUT2D eigenvalue weighted by atomic mass is 16.3. The van der Waals surface area contributed by atoms with Gasteiger partial charge in [0.15, 0.2) is 0 Å². The lowest BCUT2D eigenvalue weighted by molar-refractivity contribution is 0.0886. The van der Waals surface area contributed by atoms with Gasteiger partial charge >= 0.3 is 0 Å². The number of hydrogen-bond donors (Lipinski definition) is 3. The van der Waals surface area contributed by atoms with Crippen molar-refractivity contribution in [3.8, 4) is 0 Å². The molecule has 1 amide bonds. The third kappa shape index (κ3) is 3.14. The molecule has 4 heteroatoms. The van der Waals surface area contributed by atoms with E-state index < -0.39 is 0 Å². The fourth-order valence-electron chi connectivity index (χ4n) is 2.36. The molecule has 3 N–H and O–H groups in total. The molecule has 0 bridgehead atoms. The van der Waals surface area contributed by atoms with Crippen LogP contribution in [0.2, 0.25) is 0 Å². The van der Waals surface area contributed by atoms with Crippen LogP contribution < -0.4 is 10.6 Å². The Morgan fingerprint density at radius 1 is 1.42 bits per heavy atom. The van der Waals surface area contributed by atoms with Crippen molar-refractivity contribution >= 4 is 5.91 Å². The number of aliphatic hydroxyl groups excluding tert-OH is 1. The summed E-state index contributed by atoms with van der Waals surface area (Å²) in [5.74, 6) is -0.0625. The minimum Gasteiger partial charge on any atom is -0.396 e. The zero-order valence-electron chi connectivity index (χ0n) is 11.6. The number of amides is 1. The van der Waals surface area contributed by atoms with Gasteiger partial charge in [-0.2, -0.15) is 0 Å². The lowest BCUT2D eigenvalue weighted by Crippen LogP contribution is -2.46. The number of rotatable bonds is 5. The lowest BCUT2D eigenvalue weighted by atomic mass is 9.94. The highest BCUT2D eigenvalue weighted by molar-refractivity contribution is 5.95. The number of hydrogen-bond acceptors (Lipinski definition) is 3. The Morgan fingerprint density at radius 2 is 2.16 bits per heavy atom. The third-order valence-electron chi connectivity index (χ3n) is 3.96. The Balaban J connectivity index is 2.11. The molecule has 1 aliphatic rings. The Labute approximate surface area is 114 Å². The summed E-state index contributed by atoms with van der Waals surface area (Å²) in [6, 6.07) is 5.84. The fourth-order valence-corrected chi connectivity index (χ4v) is 2.36. The zero-order valence-corrected chi connectivity index (χ0v) is 11.6. The standard InChI is InChI=1S/C15H22N2O2/c1-3-15(2,6-7-18)17-14(19)11-4-5-12-9-16-10-13(12)8-11/h4-5,8,16,18H,3,6-7,9-10H2,1-2H3,(H,17,19). The van der Waals surface area contributed by atoms with Crippen LogP contribution in [-0.2, 0) is 13.1 Å². The number of nitrogens with one attached hydrogen (secondary N) is 2. The molecule has 1 aromatic rings.